The Morgan fingerprint density at radius 2 is 2.38 bits per heavy atom. The third-order valence-electron chi connectivity index (χ3n) is 2.60. The van der Waals surface area contributed by atoms with E-state index in [1.807, 2.05) is 24.0 Å². The second-order valence-corrected chi connectivity index (χ2v) is 3.88. The van der Waals surface area contributed by atoms with Crippen LogP contribution in [0.4, 0.5) is 14.6 Å². The fraction of sp³-hybridized carbons (Fsp3) is 0.545. The SMILES string of the molecule is Cc1ccnc(N2CCOC(C(F)F)C2)c1. The summed E-state index contributed by atoms with van der Waals surface area (Å²) in [6.07, 6.45) is -1.75. The van der Waals surface area contributed by atoms with Gasteiger partial charge in [0.1, 0.15) is 11.9 Å². The van der Waals surface area contributed by atoms with Gasteiger partial charge in [0.2, 0.25) is 0 Å². The molecule has 1 aromatic rings. The lowest BCUT2D eigenvalue weighted by atomic mass is 10.2. The molecule has 1 aromatic heterocycles. The van der Waals surface area contributed by atoms with Gasteiger partial charge in [0, 0.05) is 12.7 Å². The first-order valence-electron chi connectivity index (χ1n) is 5.24. The number of hydrogen-bond acceptors (Lipinski definition) is 3. The van der Waals surface area contributed by atoms with Gasteiger partial charge in [-0.2, -0.15) is 0 Å². The zero-order chi connectivity index (χ0) is 11.5. The van der Waals surface area contributed by atoms with Crippen LogP contribution in [-0.2, 0) is 4.74 Å². The summed E-state index contributed by atoms with van der Waals surface area (Å²) >= 11 is 0. The zero-order valence-corrected chi connectivity index (χ0v) is 9.07. The van der Waals surface area contributed by atoms with Crippen LogP contribution in [0.1, 0.15) is 5.56 Å². The van der Waals surface area contributed by atoms with E-state index in [0.717, 1.165) is 11.4 Å². The molecule has 0 saturated carbocycles. The molecule has 3 nitrogen and oxygen atoms in total. The Balaban J connectivity index is 2.09. The minimum Gasteiger partial charge on any atom is -0.369 e. The van der Waals surface area contributed by atoms with Crippen molar-refractivity contribution in [2.75, 3.05) is 24.6 Å². The summed E-state index contributed by atoms with van der Waals surface area (Å²) in [6.45, 7) is 3.09. The van der Waals surface area contributed by atoms with Crippen molar-refractivity contribution in [3.8, 4) is 0 Å². The van der Waals surface area contributed by atoms with Crippen LogP contribution in [0, 0.1) is 6.92 Å². The maximum atomic E-state index is 12.5. The highest BCUT2D eigenvalue weighted by molar-refractivity contribution is 5.41. The van der Waals surface area contributed by atoms with E-state index < -0.39 is 12.5 Å². The molecule has 16 heavy (non-hydrogen) atoms. The van der Waals surface area contributed by atoms with Crippen LogP contribution in [0.2, 0.25) is 0 Å². The highest BCUT2D eigenvalue weighted by Crippen LogP contribution is 2.18. The molecule has 0 aliphatic carbocycles. The molecule has 1 aliphatic rings. The van der Waals surface area contributed by atoms with Crippen molar-refractivity contribution in [2.24, 2.45) is 0 Å². The third kappa shape index (κ3) is 2.47. The van der Waals surface area contributed by atoms with Gasteiger partial charge in [-0.1, -0.05) is 0 Å². The molecule has 1 saturated heterocycles. The van der Waals surface area contributed by atoms with Gasteiger partial charge in [-0.3, -0.25) is 0 Å². The summed E-state index contributed by atoms with van der Waals surface area (Å²) < 4.78 is 30.0. The van der Waals surface area contributed by atoms with Crippen molar-refractivity contribution in [3.63, 3.8) is 0 Å². The van der Waals surface area contributed by atoms with Gasteiger partial charge in [-0.15, -0.1) is 0 Å². The molecule has 2 rings (SSSR count). The fourth-order valence-electron chi connectivity index (χ4n) is 1.73. The van der Waals surface area contributed by atoms with Gasteiger partial charge in [0.25, 0.3) is 6.43 Å². The molecule has 0 amide bonds. The molecule has 1 fully saturated rings. The second kappa shape index (κ2) is 4.74. The highest BCUT2D eigenvalue weighted by atomic mass is 19.3. The number of ether oxygens (including phenoxy) is 1. The van der Waals surface area contributed by atoms with Crippen molar-refractivity contribution < 1.29 is 13.5 Å². The van der Waals surface area contributed by atoms with Crippen molar-refractivity contribution in [1.29, 1.82) is 0 Å². The van der Waals surface area contributed by atoms with Crippen molar-refractivity contribution in [3.05, 3.63) is 23.9 Å². The molecular weight excluding hydrogens is 214 g/mol. The molecule has 0 N–H and O–H groups in total. The quantitative estimate of drug-likeness (QED) is 0.772. The molecule has 1 unspecified atom stereocenters. The summed E-state index contributed by atoms with van der Waals surface area (Å²) in [5.41, 5.74) is 1.07. The minimum atomic E-state index is -2.44. The molecule has 0 bridgehead atoms. The first-order chi connectivity index (χ1) is 7.66. The maximum Gasteiger partial charge on any atom is 0.266 e. The molecule has 5 heteroatoms. The predicted molar refractivity (Wildman–Crippen MR) is 56.9 cm³/mol. The number of rotatable bonds is 2. The molecular formula is C11H14F2N2O. The lowest BCUT2D eigenvalue weighted by molar-refractivity contribution is -0.0615. The zero-order valence-electron chi connectivity index (χ0n) is 9.07. The highest BCUT2D eigenvalue weighted by Gasteiger charge is 2.28. The third-order valence-corrected chi connectivity index (χ3v) is 2.60. The summed E-state index contributed by atoms with van der Waals surface area (Å²) in [7, 11) is 0. The number of halogens is 2. The monoisotopic (exact) mass is 228 g/mol. The van der Waals surface area contributed by atoms with Gasteiger partial charge in [0.05, 0.1) is 13.2 Å². The smallest absolute Gasteiger partial charge is 0.266 e. The van der Waals surface area contributed by atoms with E-state index in [1.54, 1.807) is 6.20 Å². The van der Waals surface area contributed by atoms with Crippen LogP contribution >= 0.6 is 0 Å². The van der Waals surface area contributed by atoms with E-state index in [0.29, 0.717) is 13.2 Å². The molecule has 0 spiro atoms. The topological polar surface area (TPSA) is 25.4 Å². The van der Waals surface area contributed by atoms with Crippen molar-refractivity contribution >= 4 is 5.82 Å². The number of aryl methyl sites for hydroxylation is 1. The number of aromatic nitrogens is 1. The van der Waals surface area contributed by atoms with Gasteiger partial charge in [-0.25, -0.2) is 13.8 Å². The van der Waals surface area contributed by atoms with E-state index in [2.05, 4.69) is 4.98 Å². The van der Waals surface area contributed by atoms with Crippen molar-refractivity contribution in [2.45, 2.75) is 19.5 Å². The average molecular weight is 228 g/mol. The van der Waals surface area contributed by atoms with Gasteiger partial charge >= 0.3 is 0 Å². The number of alkyl halides is 2. The second-order valence-electron chi connectivity index (χ2n) is 3.88. The van der Waals surface area contributed by atoms with Crippen LogP contribution < -0.4 is 4.90 Å². The number of anilines is 1. The summed E-state index contributed by atoms with van der Waals surface area (Å²) in [6, 6.07) is 3.78. The lowest BCUT2D eigenvalue weighted by Gasteiger charge is -2.33. The lowest BCUT2D eigenvalue weighted by Crippen LogP contribution is -2.46. The normalized spacial score (nSPS) is 21.5. The number of morpholine rings is 1. The molecule has 88 valence electrons. The van der Waals surface area contributed by atoms with Crippen LogP contribution in [0.5, 0.6) is 0 Å². The van der Waals surface area contributed by atoms with E-state index in [-0.39, 0.29) is 6.54 Å². The average Bonchev–Trinajstić information content (AvgIpc) is 2.29. The van der Waals surface area contributed by atoms with Gasteiger partial charge < -0.3 is 9.64 Å². The van der Waals surface area contributed by atoms with Crippen molar-refractivity contribution in [1.82, 2.24) is 4.98 Å². The summed E-state index contributed by atoms with van der Waals surface area (Å²) in [4.78, 5) is 6.02. The maximum absolute atomic E-state index is 12.5. The van der Waals surface area contributed by atoms with E-state index in [9.17, 15) is 8.78 Å². The first kappa shape index (κ1) is 11.3. The minimum absolute atomic E-state index is 0.203. The number of hydrogen-bond donors (Lipinski definition) is 0. The number of pyridine rings is 1. The Morgan fingerprint density at radius 1 is 1.56 bits per heavy atom. The molecule has 0 radical (unpaired) electrons. The summed E-state index contributed by atoms with van der Waals surface area (Å²) in [5.74, 6) is 0.744. The molecule has 0 aromatic carbocycles. The number of nitrogens with zero attached hydrogens (tertiary/aromatic N) is 2. The first-order valence-corrected chi connectivity index (χ1v) is 5.24. The Kier molecular flexibility index (Phi) is 3.33. The Hall–Kier alpha value is -1.23. The Morgan fingerprint density at radius 3 is 3.06 bits per heavy atom. The largest absolute Gasteiger partial charge is 0.369 e. The van der Waals surface area contributed by atoms with E-state index in [4.69, 9.17) is 4.74 Å². The van der Waals surface area contributed by atoms with Crippen LogP contribution in [0.3, 0.4) is 0 Å². The molecule has 1 atom stereocenters. The van der Waals surface area contributed by atoms with Crippen LogP contribution in [0.15, 0.2) is 18.3 Å². The van der Waals surface area contributed by atoms with Gasteiger partial charge in [-0.05, 0) is 24.6 Å². The predicted octanol–water partition coefficient (Wildman–Crippen LogP) is 1.86. The standard InChI is InChI=1S/C11H14F2N2O/c1-8-2-3-14-10(6-8)15-4-5-16-9(7-15)11(12)13/h2-3,6,9,11H,4-5,7H2,1H3. The molecule has 1 aliphatic heterocycles. The summed E-state index contributed by atoms with van der Waals surface area (Å²) in [5, 5.41) is 0. The van der Waals surface area contributed by atoms with Gasteiger partial charge in [0.15, 0.2) is 0 Å². The Labute approximate surface area is 93.0 Å². The molecule has 2 heterocycles. The van der Waals surface area contributed by atoms with E-state index in [1.165, 1.54) is 0 Å². The van der Waals surface area contributed by atoms with Crippen LogP contribution in [-0.4, -0.2) is 37.2 Å². The Bertz CT molecular complexity index is 360. The van der Waals surface area contributed by atoms with E-state index >= 15 is 0 Å². The van der Waals surface area contributed by atoms with Crippen LogP contribution in [0.25, 0.3) is 0 Å². The fourth-order valence-corrected chi connectivity index (χ4v) is 1.73.